The fraction of sp³-hybridized carbons (Fsp3) is 0.600. The molecule has 1 unspecified atom stereocenters. The van der Waals surface area contributed by atoms with E-state index in [1.807, 2.05) is 25.1 Å². The molecule has 0 saturated carbocycles. The second-order valence-electron chi connectivity index (χ2n) is 7.81. The molecule has 2 N–H and O–H groups in total. The second-order valence-corrected chi connectivity index (χ2v) is 7.81. The Morgan fingerprint density at radius 3 is 2.78 bits per heavy atom. The number of nitrogens with zero attached hydrogens (tertiary/aromatic N) is 1. The van der Waals surface area contributed by atoms with Crippen molar-refractivity contribution in [1.29, 1.82) is 0 Å². The van der Waals surface area contributed by atoms with Crippen molar-refractivity contribution >= 4 is 17.7 Å². The monoisotopic (exact) mass is 376 g/mol. The van der Waals surface area contributed by atoms with Gasteiger partial charge in [0.05, 0.1) is 12.0 Å². The van der Waals surface area contributed by atoms with Crippen LogP contribution < -0.4 is 10.1 Å². The number of rotatable bonds is 5. The van der Waals surface area contributed by atoms with E-state index in [-0.39, 0.29) is 12.6 Å². The molecule has 3 rings (SSSR count). The van der Waals surface area contributed by atoms with Crippen molar-refractivity contribution in [3.63, 3.8) is 0 Å². The van der Waals surface area contributed by atoms with Gasteiger partial charge in [0.25, 0.3) is 0 Å². The van der Waals surface area contributed by atoms with E-state index in [1.54, 1.807) is 11.8 Å². The lowest BCUT2D eigenvalue weighted by molar-refractivity contribution is -0.146. The normalized spacial score (nSPS) is 23.3. The maximum absolute atomic E-state index is 12.5. The molecule has 1 atom stereocenters. The first-order chi connectivity index (χ1) is 12.9. The van der Waals surface area contributed by atoms with Gasteiger partial charge < -0.3 is 24.8 Å². The van der Waals surface area contributed by atoms with E-state index >= 15 is 0 Å². The summed E-state index contributed by atoms with van der Waals surface area (Å²) in [5, 5.41) is 12.2. The number of carbonyl (C=O) groups excluding carboxylic acids is 1. The number of anilines is 1. The Morgan fingerprint density at radius 2 is 2.11 bits per heavy atom. The molecule has 2 saturated heterocycles. The van der Waals surface area contributed by atoms with Crippen LogP contribution in [0.3, 0.4) is 0 Å². The van der Waals surface area contributed by atoms with Crippen molar-refractivity contribution in [3.8, 4) is 5.75 Å². The number of urea groups is 1. The first kappa shape index (κ1) is 19.5. The predicted molar refractivity (Wildman–Crippen MR) is 101 cm³/mol. The summed E-state index contributed by atoms with van der Waals surface area (Å²) >= 11 is 0. The van der Waals surface area contributed by atoms with Crippen molar-refractivity contribution in [1.82, 2.24) is 4.90 Å². The molecule has 0 radical (unpaired) electrons. The van der Waals surface area contributed by atoms with E-state index in [2.05, 4.69) is 5.32 Å². The van der Waals surface area contributed by atoms with Crippen LogP contribution in [0.25, 0.3) is 0 Å². The van der Waals surface area contributed by atoms with Crippen LogP contribution in [0.2, 0.25) is 0 Å². The SMILES string of the molecule is Cc1ccc(NC(=O)N2CCC(C)(C(=O)O)C2)cc1OCC1CCOCC1. The molecular weight excluding hydrogens is 348 g/mol. The summed E-state index contributed by atoms with van der Waals surface area (Å²) in [6.45, 7) is 6.52. The van der Waals surface area contributed by atoms with Gasteiger partial charge in [-0.25, -0.2) is 4.79 Å². The minimum Gasteiger partial charge on any atom is -0.493 e. The topological polar surface area (TPSA) is 88.1 Å². The van der Waals surface area contributed by atoms with Gasteiger partial charge in [0.1, 0.15) is 5.75 Å². The number of amides is 2. The van der Waals surface area contributed by atoms with Gasteiger partial charge in [-0.1, -0.05) is 6.07 Å². The molecule has 1 aromatic rings. The molecule has 1 aromatic carbocycles. The summed E-state index contributed by atoms with van der Waals surface area (Å²) in [6, 6.07) is 5.31. The number of hydrogen-bond acceptors (Lipinski definition) is 4. The largest absolute Gasteiger partial charge is 0.493 e. The second kappa shape index (κ2) is 8.17. The van der Waals surface area contributed by atoms with Crippen molar-refractivity contribution in [2.75, 3.05) is 38.2 Å². The summed E-state index contributed by atoms with van der Waals surface area (Å²) in [6.07, 6.45) is 2.47. The zero-order valence-corrected chi connectivity index (χ0v) is 16.0. The van der Waals surface area contributed by atoms with E-state index in [0.717, 1.165) is 37.4 Å². The third-order valence-electron chi connectivity index (χ3n) is 5.53. The fourth-order valence-electron chi connectivity index (χ4n) is 3.47. The lowest BCUT2D eigenvalue weighted by atomic mass is 9.90. The van der Waals surface area contributed by atoms with Gasteiger partial charge in [-0.3, -0.25) is 4.79 Å². The van der Waals surface area contributed by atoms with E-state index in [0.29, 0.717) is 31.2 Å². The van der Waals surface area contributed by atoms with Crippen LogP contribution in [0.1, 0.15) is 31.7 Å². The van der Waals surface area contributed by atoms with Crippen LogP contribution in [0, 0.1) is 18.3 Å². The Hall–Kier alpha value is -2.28. The molecule has 2 aliphatic rings. The average Bonchev–Trinajstić information content (AvgIpc) is 3.07. The summed E-state index contributed by atoms with van der Waals surface area (Å²) in [7, 11) is 0. The van der Waals surface area contributed by atoms with Gasteiger partial charge in [-0.05, 0) is 50.7 Å². The number of aliphatic carboxylic acids is 1. The van der Waals surface area contributed by atoms with Crippen molar-refractivity contribution in [2.45, 2.75) is 33.1 Å². The summed E-state index contributed by atoms with van der Waals surface area (Å²) in [4.78, 5) is 25.4. The molecule has 2 fully saturated rings. The first-order valence-corrected chi connectivity index (χ1v) is 9.48. The molecule has 2 amide bonds. The smallest absolute Gasteiger partial charge is 0.321 e. The lowest BCUT2D eigenvalue weighted by Crippen LogP contribution is -2.37. The molecule has 7 heteroatoms. The Kier molecular flexibility index (Phi) is 5.89. The van der Waals surface area contributed by atoms with Gasteiger partial charge >= 0.3 is 12.0 Å². The highest BCUT2D eigenvalue weighted by atomic mass is 16.5. The van der Waals surface area contributed by atoms with Crippen LogP contribution in [-0.2, 0) is 9.53 Å². The van der Waals surface area contributed by atoms with E-state index < -0.39 is 11.4 Å². The van der Waals surface area contributed by atoms with E-state index in [9.17, 15) is 14.7 Å². The molecule has 0 aliphatic carbocycles. The number of carboxylic acid groups (broad SMARTS) is 1. The van der Waals surface area contributed by atoms with Gasteiger partial charge in [-0.2, -0.15) is 0 Å². The zero-order chi connectivity index (χ0) is 19.4. The van der Waals surface area contributed by atoms with Gasteiger partial charge in [0.2, 0.25) is 0 Å². The highest BCUT2D eigenvalue weighted by molar-refractivity contribution is 5.90. The number of hydrogen-bond donors (Lipinski definition) is 2. The maximum Gasteiger partial charge on any atom is 0.321 e. The number of carbonyl (C=O) groups is 2. The Balaban J connectivity index is 1.58. The van der Waals surface area contributed by atoms with Crippen molar-refractivity contribution in [2.24, 2.45) is 11.3 Å². The number of benzene rings is 1. The molecule has 2 heterocycles. The number of likely N-dealkylation sites (tertiary alicyclic amines) is 1. The van der Waals surface area contributed by atoms with Crippen molar-refractivity contribution < 1.29 is 24.2 Å². The number of carboxylic acids is 1. The van der Waals surface area contributed by atoms with Gasteiger partial charge in [-0.15, -0.1) is 0 Å². The number of ether oxygens (including phenoxy) is 2. The Bertz CT molecular complexity index is 702. The highest BCUT2D eigenvalue weighted by Crippen LogP contribution is 2.31. The van der Waals surface area contributed by atoms with Crippen LogP contribution >= 0.6 is 0 Å². The third kappa shape index (κ3) is 4.71. The first-order valence-electron chi connectivity index (χ1n) is 9.48. The standard InChI is InChI=1S/C20H28N2O5/c1-14-3-4-16(11-17(14)27-12-15-5-9-26-10-6-15)21-19(25)22-8-7-20(2,13-22)18(23)24/h3-4,11,15H,5-10,12-13H2,1-2H3,(H,21,25)(H,23,24). The Morgan fingerprint density at radius 1 is 1.37 bits per heavy atom. The molecule has 0 spiro atoms. The highest BCUT2D eigenvalue weighted by Gasteiger charge is 2.42. The summed E-state index contributed by atoms with van der Waals surface area (Å²) < 4.78 is 11.4. The summed E-state index contributed by atoms with van der Waals surface area (Å²) in [5.41, 5.74) is 0.791. The average molecular weight is 376 g/mol. The lowest BCUT2D eigenvalue weighted by Gasteiger charge is -2.23. The molecule has 0 aromatic heterocycles. The molecule has 27 heavy (non-hydrogen) atoms. The van der Waals surface area contributed by atoms with E-state index in [1.165, 1.54) is 0 Å². The summed E-state index contributed by atoms with van der Waals surface area (Å²) in [5.74, 6) is 0.391. The fourth-order valence-corrected chi connectivity index (χ4v) is 3.47. The van der Waals surface area contributed by atoms with Crippen LogP contribution in [0.15, 0.2) is 18.2 Å². The van der Waals surface area contributed by atoms with Crippen LogP contribution in [0.5, 0.6) is 5.75 Å². The van der Waals surface area contributed by atoms with Crippen molar-refractivity contribution in [3.05, 3.63) is 23.8 Å². The molecule has 7 nitrogen and oxygen atoms in total. The van der Waals surface area contributed by atoms with Gasteiger partial charge in [0.15, 0.2) is 0 Å². The quantitative estimate of drug-likeness (QED) is 0.824. The number of aryl methyl sites for hydroxylation is 1. The molecular formula is C20H28N2O5. The van der Waals surface area contributed by atoms with Crippen LogP contribution in [0.4, 0.5) is 10.5 Å². The molecule has 148 valence electrons. The minimum atomic E-state index is -0.872. The predicted octanol–water partition coefficient (Wildman–Crippen LogP) is 3.13. The maximum atomic E-state index is 12.5. The molecule has 0 bridgehead atoms. The minimum absolute atomic E-state index is 0.215. The Labute approximate surface area is 159 Å². The molecule has 2 aliphatic heterocycles. The third-order valence-corrected chi connectivity index (χ3v) is 5.53. The van der Waals surface area contributed by atoms with Gasteiger partial charge in [0, 0.05) is 38.1 Å². The van der Waals surface area contributed by atoms with Crippen LogP contribution in [-0.4, -0.2) is 54.9 Å². The zero-order valence-electron chi connectivity index (χ0n) is 16.0. The number of nitrogens with one attached hydrogen (secondary N) is 1. The van der Waals surface area contributed by atoms with E-state index in [4.69, 9.17) is 9.47 Å².